The summed E-state index contributed by atoms with van der Waals surface area (Å²) >= 11 is 0. The Balaban J connectivity index is 2.48. The molecule has 82 valence electrons. The molecule has 0 aromatic heterocycles. The van der Waals surface area contributed by atoms with E-state index in [0.717, 1.165) is 5.56 Å². The number of carboxylic acids is 1. The van der Waals surface area contributed by atoms with E-state index in [0.29, 0.717) is 12.8 Å². The Hall–Kier alpha value is -1.55. The molecule has 4 heteroatoms. The van der Waals surface area contributed by atoms with Crippen LogP contribution in [0.5, 0.6) is 5.75 Å². The number of phenols is 1. The second-order valence-corrected chi connectivity index (χ2v) is 3.30. The molecule has 0 unspecified atom stereocenters. The van der Waals surface area contributed by atoms with Crippen molar-refractivity contribution < 1.29 is 16.4 Å². The van der Waals surface area contributed by atoms with Crippen molar-refractivity contribution in [2.75, 3.05) is 7.02 Å². The Bertz CT molecular complexity index is 340. The molecule has 1 atom stereocenters. The fourth-order valence-corrected chi connectivity index (χ4v) is 1.29. The lowest BCUT2D eigenvalue weighted by molar-refractivity contribution is -0.139. The van der Waals surface area contributed by atoms with E-state index in [1.54, 1.807) is 24.3 Å². The number of aryl methyl sites for hydroxylation is 1. The van der Waals surface area contributed by atoms with E-state index in [9.17, 15) is 4.79 Å². The Morgan fingerprint density at radius 2 is 2.20 bits per heavy atom. The summed E-state index contributed by atoms with van der Waals surface area (Å²) < 4.78 is 6.93. The normalized spacial score (nSPS) is 13.2. The van der Waals surface area contributed by atoms with E-state index in [4.69, 9.17) is 11.6 Å². The lowest BCUT2D eigenvalue weighted by atomic mass is 10.1. The maximum absolute atomic E-state index is 10.8. The molecule has 0 radical (unpaired) electrons. The first kappa shape index (κ1) is 9.98. The topological polar surface area (TPSA) is 69.6 Å². The molecule has 0 aliphatic carbocycles. The molecule has 1 aromatic rings. The maximum Gasteiger partial charge on any atom is 0.320 e. The van der Waals surface area contributed by atoms with Gasteiger partial charge < -0.3 is 15.5 Å². The number of phenolic OH excluding ortho intramolecular Hbond substituents is 1. The third-order valence-corrected chi connectivity index (χ3v) is 2.20. The van der Waals surface area contributed by atoms with Crippen LogP contribution >= 0.6 is 0 Å². The molecule has 3 N–H and O–H groups in total. The summed E-state index contributed by atoms with van der Waals surface area (Å²) in [7, 11) is -0.105. The number of aromatic hydroxyl groups is 1. The third-order valence-electron chi connectivity index (χ3n) is 2.20. The van der Waals surface area contributed by atoms with Gasteiger partial charge in [0.2, 0.25) is 0 Å². The van der Waals surface area contributed by atoms with Gasteiger partial charge in [-0.2, -0.15) is 0 Å². The predicted molar refractivity (Wildman–Crippen MR) is 56.9 cm³/mol. The molecule has 1 rings (SSSR count). The zero-order valence-electron chi connectivity index (χ0n) is 9.31. The average molecular weight is 210 g/mol. The predicted octanol–water partition coefficient (Wildman–Crippen LogP) is 0.997. The first-order valence-electron chi connectivity index (χ1n) is 5.37. The van der Waals surface area contributed by atoms with Crippen molar-refractivity contribution in [3.63, 3.8) is 0 Å². The molecule has 1 aromatic carbocycles. The average Bonchev–Trinajstić information content (AvgIpc) is 2.26. The maximum atomic E-state index is 10.8. The number of hydrogen-bond donors (Lipinski definition) is 3. The lowest BCUT2D eigenvalue weighted by Crippen LogP contribution is -2.34. The van der Waals surface area contributed by atoms with Crippen LogP contribution in [0.3, 0.4) is 0 Å². The zero-order valence-corrected chi connectivity index (χ0v) is 8.31. The van der Waals surface area contributed by atoms with E-state index in [1.165, 1.54) is 0 Å². The zero-order chi connectivity index (χ0) is 12.0. The summed E-state index contributed by atoms with van der Waals surface area (Å²) in [5.41, 5.74) is 0.968. The first-order valence-corrected chi connectivity index (χ1v) is 4.67. The Morgan fingerprint density at radius 3 is 2.73 bits per heavy atom. The van der Waals surface area contributed by atoms with E-state index in [1.807, 2.05) is 0 Å². The van der Waals surface area contributed by atoms with Crippen molar-refractivity contribution in [1.29, 1.82) is 0 Å². The monoisotopic (exact) mass is 210 g/mol. The van der Waals surface area contributed by atoms with Gasteiger partial charge in [0.1, 0.15) is 11.8 Å². The summed E-state index contributed by atoms with van der Waals surface area (Å²) in [4.78, 5) is 10.8. The van der Waals surface area contributed by atoms with Crippen LogP contribution < -0.4 is 5.32 Å². The van der Waals surface area contributed by atoms with Crippen LogP contribution in [0.25, 0.3) is 0 Å². The van der Waals surface area contributed by atoms with E-state index in [2.05, 4.69) is 5.32 Å². The van der Waals surface area contributed by atoms with Crippen LogP contribution in [0.15, 0.2) is 24.3 Å². The van der Waals surface area contributed by atoms with Gasteiger partial charge in [-0.05, 0) is 37.6 Å². The highest BCUT2D eigenvalue weighted by Crippen LogP contribution is 2.11. The molecule has 0 aliphatic heterocycles. The molecule has 0 spiro atoms. The van der Waals surface area contributed by atoms with Crippen molar-refractivity contribution >= 4 is 5.97 Å². The highest BCUT2D eigenvalue weighted by Gasteiger charge is 2.13. The largest absolute Gasteiger partial charge is 0.508 e. The number of hydrogen-bond acceptors (Lipinski definition) is 3. The van der Waals surface area contributed by atoms with Crippen molar-refractivity contribution in [2.24, 2.45) is 0 Å². The fraction of sp³-hybridized carbons (Fsp3) is 0.364. The summed E-state index contributed by atoms with van der Waals surface area (Å²) in [5, 5.41) is 20.5. The second kappa shape index (κ2) is 5.36. The minimum absolute atomic E-state index is 0.105. The Morgan fingerprint density at radius 1 is 1.53 bits per heavy atom. The summed E-state index contributed by atoms with van der Waals surface area (Å²) in [6, 6.07) is 5.97. The molecule has 15 heavy (non-hydrogen) atoms. The van der Waals surface area contributed by atoms with Crippen LogP contribution in [-0.4, -0.2) is 29.2 Å². The minimum Gasteiger partial charge on any atom is -0.508 e. The van der Waals surface area contributed by atoms with Crippen molar-refractivity contribution in [2.45, 2.75) is 18.9 Å². The number of carbonyl (C=O) groups is 1. The fourth-order valence-electron chi connectivity index (χ4n) is 1.29. The molecular formula is C11H15NO3. The molecule has 4 nitrogen and oxygen atoms in total. The van der Waals surface area contributed by atoms with Crippen molar-refractivity contribution in [3.8, 4) is 5.75 Å². The van der Waals surface area contributed by atoms with Gasteiger partial charge in [-0.15, -0.1) is 0 Å². The van der Waals surface area contributed by atoms with Gasteiger partial charge in [-0.1, -0.05) is 12.1 Å². The first-order chi connectivity index (χ1) is 7.63. The molecule has 0 aliphatic rings. The number of rotatable bonds is 5. The molecule has 0 bridgehead atoms. The lowest BCUT2D eigenvalue weighted by Gasteiger charge is -2.10. The molecule has 0 amide bonds. The van der Waals surface area contributed by atoms with Crippen LogP contribution in [0.2, 0.25) is 0 Å². The van der Waals surface area contributed by atoms with Gasteiger partial charge in [0.05, 0.1) is 0 Å². The molecular weight excluding hydrogens is 194 g/mol. The van der Waals surface area contributed by atoms with E-state index < -0.39 is 12.0 Å². The number of benzene rings is 1. The Kier molecular flexibility index (Phi) is 3.57. The summed E-state index contributed by atoms with van der Waals surface area (Å²) in [5.74, 6) is -0.742. The van der Waals surface area contributed by atoms with Gasteiger partial charge in [-0.25, -0.2) is 0 Å². The summed E-state index contributed by atoms with van der Waals surface area (Å²) in [6.45, 7) is 0. The van der Waals surface area contributed by atoms with Crippen LogP contribution in [0.4, 0.5) is 0 Å². The quantitative estimate of drug-likeness (QED) is 0.678. The van der Waals surface area contributed by atoms with Gasteiger partial charge in [0.25, 0.3) is 0 Å². The highest BCUT2D eigenvalue weighted by molar-refractivity contribution is 5.73. The van der Waals surface area contributed by atoms with E-state index in [-0.39, 0.29) is 12.8 Å². The number of aliphatic carboxylic acids is 1. The van der Waals surface area contributed by atoms with Crippen molar-refractivity contribution in [1.82, 2.24) is 5.32 Å². The van der Waals surface area contributed by atoms with E-state index >= 15 is 0 Å². The standard InChI is InChI=1S/C11H15NO3/c1-12-10(11(14)15)7-4-8-2-5-9(13)6-3-8/h2-3,5-6,10,12-13H,4,7H2,1H3,(H,14,15)/t10-/m0/s1/i1D. The van der Waals surface area contributed by atoms with Crippen LogP contribution in [0.1, 0.15) is 13.4 Å². The SMILES string of the molecule is [2H]CN[C@@H](CCc1ccc(O)cc1)C(=O)O. The molecule has 0 saturated carbocycles. The van der Waals surface area contributed by atoms with Gasteiger partial charge in [0, 0.05) is 1.37 Å². The van der Waals surface area contributed by atoms with Gasteiger partial charge in [0.15, 0.2) is 0 Å². The molecule has 0 fully saturated rings. The summed E-state index contributed by atoms with van der Waals surface area (Å²) in [6.07, 6.45) is 1.03. The highest BCUT2D eigenvalue weighted by atomic mass is 16.4. The Labute approximate surface area is 90.0 Å². The van der Waals surface area contributed by atoms with Crippen molar-refractivity contribution in [3.05, 3.63) is 29.8 Å². The van der Waals surface area contributed by atoms with Crippen LogP contribution in [0, 0.1) is 0 Å². The molecule has 0 heterocycles. The van der Waals surface area contributed by atoms with Gasteiger partial charge in [-0.3, -0.25) is 4.79 Å². The van der Waals surface area contributed by atoms with Gasteiger partial charge >= 0.3 is 5.97 Å². The second-order valence-electron chi connectivity index (χ2n) is 3.30. The number of carboxylic acid groups (broad SMARTS) is 1. The number of nitrogens with one attached hydrogen (secondary N) is 1. The van der Waals surface area contributed by atoms with Crippen LogP contribution in [-0.2, 0) is 11.2 Å². The third kappa shape index (κ3) is 3.59. The minimum atomic E-state index is -0.939. The smallest absolute Gasteiger partial charge is 0.320 e. The molecule has 0 saturated heterocycles. The number of likely N-dealkylation sites (N-methyl/N-ethyl adjacent to an activating group) is 1.